The topological polar surface area (TPSA) is 75.6 Å². The molecule has 1 amide bonds. The number of aliphatic carboxylic acids is 1. The van der Waals surface area contributed by atoms with Gasteiger partial charge < -0.3 is 15.2 Å². The molecule has 0 radical (unpaired) electrons. The SMILES string of the molecule is CC(CCCC(=O)O)NC(=O)C1CCOC1. The third kappa shape index (κ3) is 4.61. The van der Waals surface area contributed by atoms with Gasteiger partial charge in [-0.15, -0.1) is 0 Å². The second-order valence-corrected chi connectivity index (χ2v) is 4.26. The molecule has 1 heterocycles. The number of amides is 1. The summed E-state index contributed by atoms with van der Waals surface area (Å²) in [7, 11) is 0. The van der Waals surface area contributed by atoms with Crippen LogP contribution in [0.1, 0.15) is 32.6 Å². The van der Waals surface area contributed by atoms with Gasteiger partial charge in [0.05, 0.1) is 12.5 Å². The molecule has 0 aliphatic carbocycles. The van der Waals surface area contributed by atoms with Crippen LogP contribution < -0.4 is 5.32 Å². The van der Waals surface area contributed by atoms with Crippen LogP contribution in [0, 0.1) is 5.92 Å². The number of rotatable bonds is 6. The Hall–Kier alpha value is -1.10. The van der Waals surface area contributed by atoms with E-state index in [9.17, 15) is 9.59 Å². The molecule has 2 unspecified atom stereocenters. The van der Waals surface area contributed by atoms with E-state index in [-0.39, 0.29) is 24.3 Å². The van der Waals surface area contributed by atoms with Crippen LogP contribution in [0.25, 0.3) is 0 Å². The van der Waals surface area contributed by atoms with Crippen molar-refractivity contribution >= 4 is 11.9 Å². The molecule has 1 saturated heterocycles. The summed E-state index contributed by atoms with van der Waals surface area (Å²) < 4.78 is 5.13. The Balaban J connectivity index is 2.14. The second kappa shape index (κ2) is 6.48. The summed E-state index contributed by atoms with van der Waals surface area (Å²) in [5, 5.41) is 11.4. The molecule has 2 atom stereocenters. The quantitative estimate of drug-likeness (QED) is 0.705. The Morgan fingerprint density at radius 2 is 2.31 bits per heavy atom. The summed E-state index contributed by atoms with van der Waals surface area (Å²) in [5.74, 6) is -0.787. The maximum absolute atomic E-state index is 11.6. The van der Waals surface area contributed by atoms with E-state index in [0.717, 1.165) is 6.42 Å². The predicted molar refractivity (Wildman–Crippen MR) is 58.0 cm³/mol. The zero-order valence-electron chi connectivity index (χ0n) is 9.57. The second-order valence-electron chi connectivity index (χ2n) is 4.26. The molecule has 1 fully saturated rings. The van der Waals surface area contributed by atoms with Gasteiger partial charge in [0.15, 0.2) is 0 Å². The lowest BCUT2D eigenvalue weighted by Gasteiger charge is -2.15. The van der Waals surface area contributed by atoms with Crippen LogP contribution in [0.4, 0.5) is 0 Å². The van der Waals surface area contributed by atoms with Crippen molar-refractivity contribution in [2.24, 2.45) is 5.92 Å². The van der Waals surface area contributed by atoms with Crippen molar-refractivity contribution in [3.05, 3.63) is 0 Å². The first-order valence-corrected chi connectivity index (χ1v) is 5.69. The number of carbonyl (C=O) groups is 2. The Kier molecular flexibility index (Phi) is 5.25. The highest BCUT2D eigenvalue weighted by Crippen LogP contribution is 2.12. The van der Waals surface area contributed by atoms with E-state index >= 15 is 0 Å². The first-order chi connectivity index (χ1) is 7.59. The van der Waals surface area contributed by atoms with Crippen LogP contribution in [0.2, 0.25) is 0 Å². The van der Waals surface area contributed by atoms with E-state index in [2.05, 4.69) is 5.32 Å². The number of nitrogens with one attached hydrogen (secondary N) is 1. The molecule has 0 aromatic rings. The molecule has 0 aromatic heterocycles. The molecule has 5 heteroatoms. The maximum atomic E-state index is 11.6. The van der Waals surface area contributed by atoms with E-state index in [4.69, 9.17) is 9.84 Å². The molecule has 0 bridgehead atoms. The molecule has 0 spiro atoms. The molecule has 1 rings (SSSR count). The van der Waals surface area contributed by atoms with E-state index in [1.807, 2.05) is 6.92 Å². The van der Waals surface area contributed by atoms with Gasteiger partial charge in [0.1, 0.15) is 0 Å². The van der Waals surface area contributed by atoms with Crippen molar-refractivity contribution < 1.29 is 19.4 Å². The Morgan fingerprint density at radius 1 is 1.56 bits per heavy atom. The lowest BCUT2D eigenvalue weighted by Crippen LogP contribution is -2.37. The minimum atomic E-state index is -0.789. The van der Waals surface area contributed by atoms with Crippen molar-refractivity contribution in [2.75, 3.05) is 13.2 Å². The Labute approximate surface area is 95.2 Å². The summed E-state index contributed by atoms with van der Waals surface area (Å²) in [6.07, 6.45) is 2.24. The maximum Gasteiger partial charge on any atom is 0.303 e. The van der Waals surface area contributed by atoms with Crippen molar-refractivity contribution in [1.82, 2.24) is 5.32 Å². The Morgan fingerprint density at radius 3 is 2.88 bits per heavy atom. The summed E-state index contributed by atoms with van der Waals surface area (Å²) in [6, 6.07) is 0.0347. The highest BCUT2D eigenvalue weighted by Gasteiger charge is 2.24. The number of carboxylic acid groups (broad SMARTS) is 1. The predicted octanol–water partition coefficient (Wildman–Crippen LogP) is 0.782. The third-order valence-electron chi connectivity index (χ3n) is 2.72. The van der Waals surface area contributed by atoms with Gasteiger partial charge in [-0.3, -0.25) is 9.59 Å². The molecule has 1 aliphatic rings. The van der Waals surface area contributed by atoms with Crippen molar-refractivity contribution in [2.45, 2.75) is 38.6 Å². The Bertz CT molecular complexity index is 248. The molecular weight excluding hydrogens is 210 g/mol. The van der Waals surface area contributed by atoms with Crippen molar-refractivity contribution in [3.8, 4) is 0 Å². The zero-order chi connectivity index (χ0) is 12.0. The normalized spacial score (nSPS) is 21.7. The third-order valence-corrected chi connectivity index (χ3v) is 2.72. The average molecular weight is 229 g/mol. The fraction of sp³-hybridized carbons (Fsp3) is 0.818. The van der Waals surface area contributed by atoms with Crippen LogP contribution in [-0.4, -0.2) is 36.2 Å². The summed E-state index contributed by atoms with van der Waals surface area (Å²) >= 11 is 0. The molecule has 2 N–H and O–H groups in total. The van der Waals surface area contributed by atoms with Crippen LogP contribution >= 0.6 is 0 Å². The van der Waals surface area contributed by atoms with E-state index in [1.54, 1.807) is 0 Å². The van der Waals surface area contributed by atoms with Gasteiger partial charge in [-0.05, 0) is 26.2 Å². The lowest BCUT2D eigenvalue weighted by atomic mass is 10.1. The first kappa shape index (κ1) is 13.0. The molecule has 5 nitrogen and oxygen atoms in total. The van der Waals surface area contributed by atoms with Gasteiger partial charge in [-0.25, -0.2) is 0 Å². The van der Waals surface area contributed by atoms with Gasteiger partial charge in [0.2, 0.25) is 5.91 Å². The number of hydrogen-bond acceptors (Lipinski definition) is 3. The molecule has 1 aliphatic heterocycles. The van der Waals surface area contributed by atoms with Crippen LogP contribution in [0.3, 0.4) is 0 Å². The lowest BCUT2D eigenvalue weighted by molar-refractivity contribution is -0.137. The van der Waals surface area contributed by atoms with Crippen LogP contribution in [0.5, 0.6) is 0 Å². The van der Waals surface area contributed by atoms with E-state index in [1.165, 1.54) is 0 Å². The van der Waals surface area contributed by atoms with Crippen LogP contribution in [-0.2, 0) is 14.3 Å². The first-order valence-electron chi connectivity index (χ1n) is 5.69. The largest absolute Gasteiger partial charge is 0.481 e. The number of carbonyl (C=O) groups excluding carboxylic acids is 1. The number of hydrogen-bond donors (Lipinski definition) is 2. The summed E-state index contributed by atoms with van der Waals surface area (Å²) in [5.41, 5.74) is 0. The standard InChI is InChI=1S/C11H19NO4/c1-8(3-2-4-10(13)14)12-11(15)9-5-6-16-7-9/h8-9H,2-7H2,1H3,(H,12,15)(H,13,14). The molecule has 92 valence electrons. The molecule has 0 aromatic carbocycles. The molecule has 16 heavy (non-hydrogen) atoms. The monoisotopic (exact) mass is 229 g/mol. The minimum Gasteiger partial charge on any atom is -0.481 e. The van der Waals surface area contributed by atoms with Gasteiger partial charge in [0, 0.05) is 19.1 Å². The fourth-order valence-electron chi connectivity index (χ4n) is 1.73. The van der Waals surface area contributed by atoms with Crippen LogP contribution in [0.15, 0.2) is 0 Å². The highest BCUT2D eigenvalue weighted by atomic mass is 16.5. The smallest absolute Gasteiger partial charge is 0.303 e. The van der Waals surface area contributed by atoms with Crippen molar-refractivity contribution in [3.63, 3.8) is 0 Å². The van der Waals surface area contributed by atoms with E-state index in [0.29, 0.717) is 26.1 Å². The van der Waals surface area contributed by atoms with Gasteiger partial charge in [0.25, 0.3) is 0 Å². The zero-order valence-corrected chi connectivity index (χ0v) is 9.57. The fourth-order valence-corrected chi connectivity index (χ4v) is 1.73. The summed E-state index contributed by atoms with van der Waals surface area (Å²) in [4.78, 5) is 22.0. The van der Waals surface area contributed by atoms with Gasteiger partial charge in [-0.2, -0.15) is 0 Å². The van der Waals surface area contributed by atoms with Gasteiger partial charge >= 0.3 is 5.97 Å². The average Bonchev–Trinajstić information content (AvgIpc) is 2.69. The minimum absolute atomic E-state index is 0.0260. The summed E-state index contributed by atoms with van der Waals surface area (Å²) in [6.45, 7) is 3.06. The van der Waals surface area contributed by atoms with E-state index < -0.39 is 5.97 Å². The van der Waals surface area contributed by atoms with Crippen molar-refractivity contribution in [1.29, 1.82) is 0 Å². The number of carboxylic acids is 1. The molecular formula is C11H19NO4. The number of ether oxygens (including phenoxy) is 1. The highest BCUT2D eigenvalue weighted by molar-refractivity contribution is 5.79. The van der Waals surface area contributed by atoms with Gasteiger partial charge in [-0.1, -0.05) is 0 Å². The molecule has 0 saturated carbocycles.